The molecule has 0 aliphatic carbocycles. The maximum absolute atomic E-state index is 13.1. The average Bonchev–Trinajstić information content (AvgIpc) is 2.70. The lowest BCUT2D eigenvalue weighted by atomic mass is 10.1. The van der Waals surface area contributed by atoms with Gasteiger partial charge in [-0.05, 0) is 37.6 Å². The van der Waals surface area contributed by atoms with Crippen LogP contribution in [0.15, 0.2) is 48.5 Å². The minimum atomic E-state index is -0.233. The van der Waals surface area contributed by atoms with Crippen LogP contribution in [0.25, 0.3) is 0 Å². The fourth-order valence-electron chi connectivity index (χ4n) is 3.59. The molecular formula is C22H27FN2O3. The molecule has 2 aromatic rings. The summed E-state index contributed by atoms with van der Waals surface area (Å²) in [5.74, 6) is 0.242. The van der Waals surface area contributed by atoms with Gasteiger partial charge in [0.2, 0.25) is 0 Å². The van der Waals surface area contributed by atoms with Gasteiger partial charge in [-0.15, -0.1) is 0 Å². The van der Waals surface area contributed by atoms with Crippen LogP contribution >= 0.6 is 0 Å². The predicted molar refractivity (Wildman–Crippen MR) is 105 cm³/mol. The number of halogens is 1. The van der Waals surface area contributed by atoms with Crippen LogP contribution in [0.3, 0.4) is 0 Å². The van der Waals surface area contributed by atoms with E-state index in [2.05, 4.69) is 11.8 Å². The first kappa shape index (κ1) is 20.3. The first-order valence-corrected chi connectivity index (χ1v) is 9.57. The number of rotatable bonds is 6. The molecule has 0 bridgehead atoms. The number of carbonyl (C=O) groups is 1. The lowest BCUT2D eigenvalue weighted by Gasteiger charge is -2.44. The van der Waals surface area contributed by atoms with Crippen molar-refractivity contribution in [1.29, 1.82) is 0 Å². The Morgan fingerprint density at radius 2 is 1.82 bits per heavy atom. The molecule has 1 amide bonds. The predicted octanol–water partition coefficient (Wildman–Crippen LogP) is 2.82. The monoisotopic (exact) mass is 386 g/mol. The third-order valence-electron chi connectivity index (χ3n) is 5.23. The molecule has 0 aromatic heterocycles. The molecule has 5 nitrogen and oxygen atoms in total. The number of aliphatic hydroxyl groups is 1. The second-order valence-electron chi connectivity index (χ2n) is 7.35. The van der Waals surface area contributed by atoms with Gasteiger partial charge in [-0.1, -0.05) is 30.3 Å². The highest BCUT2D eigenvalue weighted by atomic mass is 19.1. The second-order valence-corrected chi connectivity index (χ2v) is 7.35. The van der Waals surface area contributed by atoms with Gasteiger partial charge in [0.1, 0.15) is 11.6 Å². The van der Waals surface area contributed by atoms with Gasteiger partial charge < -0.3 is 14.7 Å². The smallest absolute Gasteiger partial charge is 0.260 e. The van der Waals surface area contributed by atoms with Crippen molar-refractivity contribution >= 4 is 5.91 Å². The van der Waals surface area contributed by atoms with Crippen LogP contribution in [0.1, 0.15) is 25.0 Å². The Morgan fingerprint density at radius 1 is 1.11 bits per heavy atom. The SMILES string of the molecule is C[C@@H]1CN(C(=O)COc2ccccc2CO)[C@@H](C)CN1Cc1ccc(F)cc1. The number of ether oxygens (including phenoxy) is 1. The number of piperazine rings is 1. The Balaban J connectivity index is 1.57. The number of para-hydroxylation sites is 1. The summed E-state index contributed by atoms with van der Waals surface area (Å²) in [7, 11) is 0. The van der Waals surface area contributed by atoms with E-state index >= 15 is 0 Å². The summed E-state index contributed by atoms with van der Waals surface area (Å²) in [6, 6.07) is 14.0. The van der Waals surface area contributed by atoms with Crippen LogP contribution in [0.5, 0.6) is 5.75 Å². The molecule has 0 saturated carbocycles. The molecule has 1 N–H and O–H groups in total. The van der Waals surface area contributed by atoms with Crippen molar-refractivity contribution in [2.75, 3.05) is 19.7 Å². The van der Waals surface area contributed by atoms with E-state index in [1.165, 1.54) is 12.1 Å². The number of carbonyl (C=O) groups excluding carboxylic acids is 1. The van der Waals surface area contributed by atoms with Crippen molar-refractivity contribution in [2.45, 2.75) is 39.1 Å². The van der Waals surface area contributed by atoms with Crippen molar-refractivity contribution in [3.8, 4) is 5.75 Å². The number of nitrogens with zero attached hydrogens (tertiary/aromatic N) is 2. The van der Waals surface area contributed by atoms with Crippen LogP contribution in [0.4, 0.5) is 4.39 Å². The standard InChI is InChI=1S/C22H27FN2O3/c1-16-12-25(22(27)15-28-21-6-4-3-5-19(21)14-26)17(2)11-24(16)13-18-7-9-20(23)10-8-18/h3-10,16-17,26H,11-15H2,1-2H3/t16-,17+/m1/s1. The van der Waals surface area contributed by atoms with Gasteiger partial charge in [0.15, 0.2) is 6.61 Å². The van der Waals surface area contributed by atoms with Crippen LogP contribution < -0.4 is 4.74 Å². The fourth-order valence-corrected chi connectivity index (χ4v) is 3.59. The molecule has 1 fully saturated rings. The normalized spacial score (nSPS) is 20.2. The molecule has 28 heavy (non-hydrogen) atoms. The van der Waals surface area contributed by atoms with Crippen LogP contribution in [0, 0.1) is 5.82 Å². The molecule has 1 saturated heterocycles. The number of hydrogen-bond donors (Lipinski definition) is 1. The van der Waals surface area contributed by atoms with Gasteiger partial charge in [-0.25, -0.2) is 4.39 Å². The Bertz CT molecular complexity index is 797. The molecular weight excluding hydrogens is 359 g/mol. The maximum atomic E-state index is 13.1. The molecule has 1 heterocycles. The highest BCUT2D eigenvalue weighted by Gasteiger charge is 2.32. The lowest BCUT2D eigenvalue weighted by molar-refractivity contribution is -0.139. The molecule has 0 radical (unpaired) electrons. The van der Waals surface area contributed by atoms with E-state index in [0.717, 1.165) is 18.7 Å². The fraction of sp³-hybridized carbons (Fsp3) is 0.409. The molecule has 6 heteroatoms. The quantitative estimate of drug-likeness (QED) is 0.830. The van der Waals surface area contributed by atoms with Crippen LogP contribution in [0.2, 0.25) is 0 Å². The zero-order valence-corrected chi connectivity index (χ0v) is 16.3. The highest BCUT2D eigenvalue weighted by Crippen LogP contribution is 2.20. The van der Waals surface area contributed by atoms with Crippen molar-refractivity contribution in [3.05, 3.63) is 65.5 Å². The van der Waals surface area contributed by atoms with Gasteiger partial charge in [0.25, 0.3) is 5.91 Å². The summed E-state index contributed by atoms with van der Waals surface area (Å²) in [4.78, 5) is 16.9. The van der Waals surface area contributed by atoms with E-state index in [4.69, 9.17) is 4.74 Å². The summed E-state index contributed by atoms with van der Waals surface area (Å²) in [5.41, 5.74) is 1.73. The van der Waals surface area contributed by atoms with Crippen LogP contribution in [-0.2, 0) is 17.9 Å². The molecule has 1 aliphatic heterocycles. The van der Waals surface area contributed by atoms with Gasteiger partial charge in [-0.2, -0.15) is 0 Å². The Morgan fingerprint density at radius 3 is 2.54 bits per heavy atom. The summed E-state index contributed by atoms with van der Waals surface area (Å²) in [5, 5.41) is 9.37. The minimum Gasteiger partial charge on any atom is -0.483 e. The first-order chi connectivity index (χ1) is 13.5. The van der Waals surface area contributed by atoms with Gasteiger partial charge in [0.05, 0.1) is 6.61 Å². The van der Waals surface area contributed by atoms with Gasteiger partial charge in [-0.3, -0.25) is 9.69 Å². The summed E-state index contributed by atoms with van der Waals surface area (Å²) in [6.07, 6.45) is 0. The summed E-state index contributed by atoms with van der Waals surface area (Å²) >= 11 is 0. The van der Waals surface area contributed by atoms with Crippen molar-refractivity contribution < 1.29 is 19.0 Å². The molecule has 2 atom stereocenters. The van der Waals surface area contributed by atoms with E-state index < -0.39 is 0 Å². The van der Waals surface area contributed by atoms with Crippen LogP contribution in [-0.4, -0.2) is 52.6 Å². The number of aliphatic hydroxyl groups excluding tert-OH is 1. The van der Waals surface area contributed by atoms with Gasteiger partial charge >= 0.3 is 0 Å². The third kappa shape index (κ3) is 4.88. The molecule has 3 rings (SSSR count). The second kappa shape index (κ2) is 9.17. The van der Waals surface area contributed by atoms with Gasteiger partial charge in [0, 0.05) is 37.3 Å². The third-order valence-corrected chi connectivity index (χ3v) is 5.23. The summed E-state index contributed by atoms with van der Waals surface area (Å²) in [6.45, 7) is 6.05. The van der Waals surface area contributed by atoms with Crippen molar-refractivity contribution in [3.63, 3.8) is 0 Å². The van der Waals surface area contributed by atoms with E-state index in [0.29, 0.717) is 17.9 Å². The highest BCUT2D eigenvalue weighted by molar-refractivity contribution is 5.78. The Hall–Kier alpha value is -2.44. The number of amides is 1. The van der Waals surface area contributed by atoms with Crippen molar-refractivity contribution in [1.82, 2.24) is 9.80 Å². The van der Waals surface area contributed by atoms with Crippen molar-refractivity contribution in [2.24, 2.45) is 0 Å². The molecule has 0 spiro atoms. The lowest BCUT2D eigenvalue weighted by Crippen LogP contribution is -2.58. The molecule has 2 aromatic carbocycles. The van der Waals surface area contributed by atoms with E-state index in [-0.39, 0.29) is 37.0 Å². The number of hydrogen-bond acceptors (Lipinski definition) is 4. The molecule has 1 aliphatic rings. The minimum absolute atomic E-state index is 0.0496. The average molecular weight is 386 g/mol. The number of benzene rings is 2. The zero-order chi connectivity index (χ0) is 20.1. The van der Waals surface area contributed by atoms with E-state index in [9.17, 15) is 14.3 Å². The summed E-state index contributed by atoms with van der Waals surface area (Å²) < 4.78 is 18.8. The van der Waals surface area contributed by atoms with E-state index in [1.807, 2.05) is 24.0 Å². The Kier molecular flexibility index (Phi) is 6.65. The largest absolute Gasteiger partial charge is 0.483 e. The Labute approximate surface area is 165 Å². The molecule has 150 valence electrons. The van der Waals surface area contributed by atoms with E-state index in [1.54, 1.807) is 24.3 Å². The first-order valence-electron chi connectivity index (χ1n) is 9.57. The zero-order valence-electron chi connectivity index (χ0n) is 16.3. The maximum Gasteiger partial charge on any atom is 0.260 e. The topological polar surface area (TPSA) is 53.0 Å². The molecule has 0 unspecified atom stereocenters.